The van der Waals surface area contributed by atoms with E-state index < -0.39 is 17.9 Å². The first-order valence-corrected chi connectivity index (χ1v) is 25.9. The summed E-state index contributed by atoms with van der Waals surface area (Å²) in [7, 11) is 0. The molecule has 0 radical (unpaired) electrons. The van der Waals surface area contributed by atoms with Crippen molar-refractivity contribution in [3.05, 3.63) is 0 Å². The molecule has 69 heavy (non-hydrogen) atoms. The average Bonchev–Trinajstić information content (AvgIpc) is 3.27. The molecule has 0 aliphatic carbocycles. The number of primary amides is 1. The monoisotopic (exact) mass is 980 g/mol. The fraction of sp³-hybridized carbons (Fsp3) is 0.840. The van der Waals surface area contributed by atoms with Crippen molar-refractivity contribution >= 4 is 47.3 Å². The van der Waals surface area contributed by atoms with E-state index in [1.807, 2.05) is 55.4 Å². The molecule has 0 aliphatic rings. The van der Waals surface area contributed by atoms with Gasteiger partial charge in [-0.1, -0.05) is 55.4 Å². The summed E-state index contributed by atoms with van der Waals surface area (Å²) in [6.45, 7) is 22.8. The first-order valence-electron chi connectivity index (χ1n) is 25.9. The van der Waals surface area contributed by atoms with Crippen LogP contribution in [0.3, 0.4) is 0 Å². The molecule has 0 bridgehead atoms. The van der Waals surface area contributed by atoms with Crippen molar-refractivity contribution < 1.29 is 38.4 Å². The van der Waals surface area contributed by atoms with Gasteiger partial charge in [-0.2, -0.15) is 0 Å². The molecule has 0 unspecified atom stereocenters. The molecule has 0 rings (SSSR count). The minimum atomic E-state index is -0.822. The van der Waals surface area contributed by atoms with Crippen LogP contribution in [0.15, 0.2) is 0 Å². The highest BCUT2D eigenvalue weighted by atomic mass is 16.2. The SMILES string of the molecule is CC(=O)N(CCC(=O)N(CCC(=O)N(CCCCN)CCC(=O)N(CCC(=O)N(CCC(=O)N(CCCCN)CCC(=O)N[C@@H](CCCCN)C(N)=O)CC(C)C)CC(C)C)CC(C)C)CC(C)C. The molecule has 19 nitrogen and oxygen atoms in total. The van der Waals surface area contributed by atoms with Crippen molar-refractivity contribution in [2.75, 3.05) is 98.2 Å². The molecular weight excluding hydrogens is 883 g/mol. The van der Waals surface area contributed by atoms with E-state index in [9.17, 15) is 38.4 Å². The molecule has 8 amide bonds. The van der Waals surface area contributed by atoms with Gasteiger partial charge in [-0.05, 0) is 88.3 Å². The van der Waals surface area contributed by atoms with Gasteiger partial charge in [0.05, 0.1) is 0 Å². The van der Waals surface area contributed by atoms with E-state index in [1.54, 1.807) is 29.4 Å². The van der Waals surface area contributed by atoms with Crippen LogP contribution >= 0.6 is 0 Å². The third-order valence-corrected chi connectivity index (χ3v) is 11.5. The summed E-state index contributed by atoms with van der Waals surface area (Å²) >= 11 is 0. The molecule has 0 aromatic carbocycles. The summed E-state index contributed by atoms with van der Waals surface area (Å²) in [4.78, 5) is 116. The summed E-state index contributed by atoms with van der Waals surface area (Å²) < 4.78 is 0. The first kappa shape index (κ1) is 64.6. The second-order valence-electron chi connectivity index (χ2n) is 20.1. The zero-order valence-corrected chi connectivity index (χ0v) is 44.4. The Balaban J connectivity index is 5.87. The maximum absolute atomic E-state index is 13.9. The fourth-order valence-corrected chi connectivity index (χ4v) is 7.94. The molecule has 0 saturated carbocycles. The molecule has 1 atom stereocenters. The van der Waals surface area contributed by atoms with Gasteiger partial charge in [0, 0.05) is 124 Å². The molecule has 0 heterocycles. The van der Waals surface area contributed by atoms with Gasteiger partial charge in [-0.25, -0.2) is 0 Å². The number of carbonyl (C=O) groups excluding carboxylic acids is 8. The summed E-state index contributed by atoms with van der Waals surface area (Å²) in [5.74, 6) is -1.31. The van der Waals surface area contributed by atoms with Crippen molar-refractivity contribution in [3.8, 4) is 0 Å². The molecule has 400 valence electrons. The van der Waals surface area contributed by atoms with Crippen LogP contribution in [0.25, 0.3) is 0 Å². The molecule has 0 fully saturated rings. The van der Waals surface area contributed by atoms with Crippen LogP contribution in [0, 0.1) is 23.7 Å². The van der Waals surface area contributed by atoms with Crippen molar-refractivity contribution in [2.45, 2.75) is 152 Å². The lowest BCUT2D eigenvalue weighted by Gasteiger charge is -2.30. The van der Waals surface area contributed by atoms with Crippen molar-refractivity contribution in [1.29, 1.82) is 0 Å². The van der Waals surface area contributed by atoms with E-state index in [-0.39, 0.29) is 130 Å². The van der Waals surface area contributed by atoms with Crippen molar-refractivity contribution in [1.82, 2.24) is 34.7 Å². The second-order valence-corrected chi connectivity index (χ2v) is 20.1. The van der Waals surface area contributed by atoms with E-state index in [0.717, 1.165) is 0 Å². The summed E-state index contributed by atoms with van der Waals surface area (Å²) in [6.07, 6.45) is 4.78. The minimum absolute atomic E-state index is 0.0250. The molecule has 9 N–H and O–H groups in total. The third kappa shape index (κ3) is 30.8. The topological polar surface area (TPSA) is 272 Å². The highest BCUT2D eigenvalue weighted by molar-refractivity contribution is 5.87. The number of unbranched alkanes of at least 4 members (excludes halogenated alkanes) is 3. The van der Waals surface area contributed by atoms with E-state index in [4.69, 9.17) is 22.9 Å². The van der Waals surface area contributed by atoms with Crippen molar-refractivity contribution in [2.24, 2.45) is 46.6 Å². The van der Waals surface area contributed by atoms with Gasteiger partial charge < -0.3 is 57.7 Å². The number of amides is 8. The molecule has 0 aliphatic heterocycles. The van der Waals surface area contributed by atoms with Gasteiger partial charge in [0.25, 0.3) is 0 Å². The summed E-state index contributed by atoms with van der Waals surface area (Å²) in [6, 6.07) is -0.822. The van der Waals surface area contributed by atoms with Crippen LogP contribution in [0.5, 0.6) is 0 Å². The van der Waals surface area contributed by atoms with Gasteiger partial charge in [-0.15, -0.1) is 0 Å². The standard InChI is InChI=1S/C50H97N11O8/c1-38(2)34-58(42(9)62)30-19-48(67)59(35-39(3)4)32-21-46(65)57(27-15-13-25-53)29-18-47(66)61(37-41(7)8)33-22-49(68)60(36-40(5)6)31-20-45(64)56(26-14-12-24-52)28-17-44(63)55-43(50(54)69)16-10-11-23-51/h38-41,43H,10-37,51-53H2,1-9H3,(H2,54,69)(H,55,63)/t43-/m0/s1. The molecule has 0 spiro atoms. The van der Waals surface area contributed by atoms with E-state index in [2.05, 4.69) is 5.32 Å². The Labute approximate surface area is 415 Å². The zero-order chi connectivity index (χ0) is 52.5. The Morgan fingerprint density at radius 3 is 1.00 bits per heavy atom. The third-order valence-electron chi connectivity index (χ3n) is 11.5. The molecule has 0 aromatic heterocycles. The Hall–Kier alpha value is -4.36. The lowest BCUT2D eigenvalue weighted by Crippen LogP contribution is -2.46. The zero-order valence-electron chi connectivity index (χ0n) is 44.4. The summed E-state index contributed by atoms with van der Waals surface area (Å²) in [5.41, 5.74) is 22.6. The Bertz CT molecular complexity index is 1530. The van der Waals surface area contributed by atoms with Gasteiger partial charge in [-0.3, -0.25) is 38.4 Å². The van der Waals surface area contributed by atoms with E-state index in [0.29, 0.717) is 110 Å². The number of nitrogens with one attached hydrogen (secondary N) is 1. The van der Waals surface area contributed by atoms with Gasteiger partial charge in [0.2, 0.25) is 47.3 Å². The number of nitrogens with zero attached hydrogens (tertiary/aromatic N) is 6. The van der Waals surface area contributed by atoms with Crippen LogP contribution < -0.4 is 28.3 Å². The molecular formula is C50H97N11O8. The highest BCUT2D eigenvalue weighted by Crippen LogP contribution is 2.13. The van der Waals surface area contributed by atoms with Crippen LogP contribution in [-0.2, 0) is 38.4 Å². The lowest BCUT2D eigenvalue weighted by molar-refractivity contribution is -0.137. The number of rotatable bonds is 40. The number of nitrogens with two attached hydrogens (primary N) is 4. The Morgan fingerprint density at radius 1 is 0.391 bits per heavy atom. The van der Waals surface area contributed by atoms with Gasteiger partial charge in [0.15, 0.2) is 0 Å². The molecule has 0 aromatic rings. The quantitative estimate of drug-likeness (QED) is 0.0557. The van der Waals surface area contributed by atoms with E-state index in [1.165, 1.54) is 6.92 Å². The largest absolute Gasteiger partial charge is 0.368 e. The van der Waals surface area contributed by atoms with E-state index >= 15 is 0 Å². The Morgan fingerprint density at radius 2 is 0.681 bits per heavy atom. The normalized spacial score (nSPS) is 11.8. The fourth-order valence-electron chi connectivity index (χ4n) is 7.94. The Kier molecular flexibility index (Phi) is 35.1. The average molecular weight is 980 g/mol. The lowest BCUT2D eigenvalue weighted by atomic mass is 10.1. The highest BCUT2D eigenvalue weighted by Gasteiger charge is 2.26. The van der Waals surface area contributed by atoms with Gasteiger partial charge >= 0.3 is 0 Å². The van der Waals surface area contributed by atoms with Crippen LogP contribution in [0.4, 0.5) is 0 Å². The maximum atomic E-state index is 13.9. The molecule has 19 heteroatoms. The predicted molar refractivity (Wildman–Crippen MR) is 273 cm³/mol. The number of hydrogen-bond donors (Lipinski definition) is 5. The number of hydrogen-bond acceptors (Lipinski definition) is 11. The van der Waals surface area contributed by atoms with Gasteiger partial charge in [0.1, 0.15) is 6.04 Å². The predicted octanol–water partition coefficient (Wildman–Crippen LogP) is 2.52. The molecule has 0 saturated heterocycles. The van der Waals surface area contributed by atoms with Crippen LogP contribution in [0.2, 0.25) is 0 Å². The maximum Gasteiger partial charge on any atom is 0.239 e. The van der Waals surface area contributed by atoms with Crippen molar-refractivity contribution in [3.63, 3.8) is 0 Å². The summed E-state index contributed by atoms with van der Waals surface area (Å²) in [5, 5.41) is 2.69. The first-order chi connectivity index (χ1) is 32.6. The van der Waals surface area contributed by atoms with Crippen LogP contribution in [0.1, 0.15) is 146 Å². The minimum Gasteiger partial charge on any atom is -0.368 e. The van der Waals surface area contributed by atoms with Crippen LogP contribution in [-0.4, -0.2) is 181 Å². The second kappa shape index (κ2) is 37.5. The number of carbonyl (C=O) groups is 8. The smallest absolute Gasteiger partial charge is 0.239 e.